The third-order valence-corrected chi connectivity index (χ3v) is 30.6. The molecule has 0 saturated heterocycles. The fourth-order valence-electron chi connectivity index (χ4n) is 17.4. The molecule has 146 heavy (non-hydrogen) atoms. The number of fused-ring (bicyclic) bond motifs is 4. The van der Waals surface area contributed by atoms with Crippen LogP contribution in [-0.2, 0) is 151 Å². The van der Waals surface area contributed by atoms with E-state index in [1.165, 1.54) is 46.3 Å². The van der Waals surface area contributed by atoms with Gasteiger partial charge in [-0.3, -0.25) is 58.6 Å². The van der Waals surface area contributed by atoms with Crippen molar-refractivity contribution in [2.45, 2.75) is 244 Å². The number of hydrogen-bond acceptors (Lipinski definition) is 28. The highest BCUT2D eigenvalue weighted by atomic mass is 32.2. The van der Waals surface area contributed by atoms with Crippen molar-refractivity contribution >= 4 is 83.9 Å². The van der Waals surface area contributed by atoms with Crippen LogP contribution in [0.15, 0.2) is 123 Å². The largest absolute Gasteiger partial charge is 0.493 e. The van der Waals surface area contributed by atoms with Gasteiger partial charge in [0.25, 0.3) is 0 Å². The average molecular weight is 2110 g/mol. The zero-order valence-electron chi connectivity index (χ0n) is 91.4. The number of nitrogens with one attached hydrogen (secondary N) is 6. The highest BCUT2D eigenvalue weighted by Crippen LogP contribution is 2.40. The molecule has 0 bridgehead atoms. The van der Waals surface area contributed by atoms with E-state index in [4.69, 9.17) is 67.7 Å². The Morgan fingerprint density at radius 3 is 0.945 bits per heavy atom. The predicted molar refractivity (Wildman–Crippen MR) is 564 cm³/mol. The third-order valence-electron chi connectivity index (χ3n) is 26.9. The van der Waals surface area contributed by atoms with Crippen LogP contribution in [-0.4, -0.2) is 280 Å². The van der Waals surface area contributed by atoms with E-state index in [1.807, 2.05) is 150 Å². The summed E-state index contributed by atoms with van der Waals surface area (Å²) in [6.07, 6.45) is 6.98. The van der Waals surface area contributed by atoms with Crippen LogP contribution in [0.3, 0.4) is 0 Å². The van der Waals surface area contributed by atoms with Crippen LogP contribution in [0.25, 0.3) is 0 Å². The lowest BCUT2D eigenvalue weighted by atomic mass is 9.79. The number of rotatable bonds is 41. The fourth-order valence-corrected chi connectivity index (χ4v) is 20.4. The van der Waals surface area contributed by atoms with Crippen molar-refractivity contribution < 1.29 is 111 Å². The Balaban J connectivity index is 0.000000298. The molecule has 0 aromatic heterocycles. The molecule has 12 unspecified atom stereocenters. The molecule has 40 nitrogen and oxygen atoms in total. The van der Waals surface area contributed by atoms with Crippen LogP contribution >= 0.6 is 0 Å². The first-order valence-corrected chi connectivity index (χ1v) is 54.4. The fraction of sp³-hybridized carbons (Fsp3) is 0.621. The lowest BCUT2D eigenvalue weighted by Crippen LogP contribution is -2.49. The van der Waals surface area contributed by atoms with Crippen molar-refractivity contribution in [2.24, 2.45) is 71.0 Å². The number of nitrogens with zero attached hydrogens (tertiary/aromatic N) is 9. The number of nitrogens with two attached hydrogens (primary N) is 1. The molecule has 0 fully saturated rings. The molecule has 4 aliphatic heterocycles. The zero-order valence-corrected chi connectivity index (χ0v) is 93.8. The smallest absolute Gasteiger partial charge is 0.411 e. The highest BCUT2D eigenvalue weighted by molar-refractivity contribution is 7.88. The first kappa shape index (κ1) is 124. The number of hydrogen-bond donors (Lipinski definition) is 7. The molecule has 5 aromatic rings. The number of amides is 1. The molecule has 1 amide bonds. The molecular formula is C103H164N16O24S3. The quantitative estimate of drug-likeness (QED) is 0.00628. The van der Waals surface area contributed by atoms with E-state index in [2.05, 4.69) is 136 Å². The first-order valence-electron chi connectivity index (χ1n) is 48.9. The Kier molecular flexibility index (Phi) is 47.9. The topological polar surface area (TPSA) is 472 Å². The van der Waals surface area contributed by atoms with E-state index in [1.54, 1.807) is 42.3 Å². The van der Waals surface area contributed by atoms with Gasteiger partial charge in [-0.1, -0.05) is 138 Å². The van der Waals surface area contributed by atoms with Gasteiger partial charge in [0, 0.05) is 102 Å². The van der Waals surface area contributed by atoms with Crippen molar-refractivity contribution in [3.05, 3.63) is 153 Å². The monoisotopic (exact) mass is 2110 g/mol. The van der Waals surface area contributed by atoms with Gasteiger partial charge in [0.15, 0.2) is 0 Å². The summed E-state index contributed by atoms with van der Waals surface area (Å²) in [6.45, 7) is 36.4. The van der Waals surface area contributed by atoms with Gasteiger partial charge < -0.3 is 63.9 Å². The Hall–Kier alpha value is -10.9. The summed E-state index contributed by atoms with van der Waals surface area (Å²) in [6, 6.07) is 28.7. The van der Waals surface area contributed by atoms with Crippen molar-refractivity contribution in [3.8, 4) is 23.0 Å². The second-order valence-electron chi connectivity index (χ2n) is 40.9. The number of hydroxylamine groups is 4. The predicted octanol–water partition coefficient (Wildman–Crippen LogP) is 10.8. The van der Waals surface area contributed by atoms with Crippen molar-refractivity contribution in [3.63, 3.8) is 0 Å². The number of aliphatic imine (C=N–C) groups is 4. The van der Waals surface area contributed by atoms with E-state index in [0.29, 0.717) is 73.7 Å². The number of esters is 4. The lowest BCUT2D eigenvalue weighted by molar-refractivity contribution is -0.147. The summed E-state index contributed by atoms with van der Waals surface area (Å²) < 4.78 is 127. The van der Waals surface area contributed by atoms with E-state index in [-0.39, 0.29) is 128 Å². The Bertz CT molecular complexity index is 5580. The minimum Gasteiger partial charge on any atom is -0.493 e. The summed E-state index contributed by atoms with van der Waals surface area (Å²) in [5.41, 5.74) is 24.3. The van der Waals surface area contributed by atoms with Gasteiger partial charge in [0.2, 0.25) is 53.9 Å². The molecule has 12 atom stereocenters. The second-order valence-corrected chi connectivity index (χ2v) is 46.7. The number of benzene rings is 5. The number of carbonyl (C=O) groups is 5. The molecule has 0 spiro atoms. The van der Waals surface area contributed by atoms with Gasteiger partial charge in [-0.05, 0) is 197 Å². The molecule has 0 radical (unpaired) electrons. The standard InChI is InChI=1S/C31H44N4O6.C25H42N4O6S.C24H40N4O6S.C23H38N4O6S/c1-21(17-31(3,4)22(2)41-34-29(32-5)33-6)19-39-26-14-13-24-16-27(28(36)38-7)35(18-25(24)15-26)30(37)40-20-23-11-9-8-10-12-23;1-17(14-25(3,4)18(2)35-27-24(26-5)28(6)7)16-34-21-11-10-19-13-22(23(30)33-8)29(36(9,31)32)15-20(19)12-21;1-16(13-24(3,4)17(2)34-27-23(25-5)26-6)15-33-20-10-9-18-12-21(22(29)32-7)28(35(8,30)31)14-19(18)11-20;1-15(12-23(3,4)16(2)33-26-22(24)25-5)14-32-19-9-8-17-11-20(21(28)31-6)27(34(7,29)30)13-18(17)10-19/h8-15,21-22,27H,16-20H2,1-7H3,(H2,32,33,34);10-12,17-18,22H,13-16H2,1-9H3,(H,26,27);9-11,16-17,21H,12-15H2,1-8H3,(H2,25,26,27);8-10,15-16,20H,11-14H2,1-7H3,(H3,24,25,26). The molecule has 43 heteroatoms. The first-order chi connectivity index (χ1) is 68.4. The highest BCUT2D eigenvalue weighted by Gasteiger charge is 2.44. The van der Waals surface area contributed by atoms with Crippen molar-refractivity contribution in [2.75, 3.05) is 130 Å². The van der Waals surface area contributed by atoms with Crippen LogP contribution in [0.2, 0.25) is 0 Å². The van der Waals surface area contributed by atoms with Crippen LogP contribution in [0.1, 0.15) is 187 Å². The van der Waals surface area contributed by atoms with Gasteiger partial charge >= 0.3 is 30.0 Å². The van der Waals surface area contributed by atoms with Crippen LogP contribution in [0.5, 0.6) is 23.0 Å². The molecule has 8 N–H and O–H groups in total. The molecule has 818 valence electrons. The van der Waals surface area contributed by atoms with E-state index in [9.17, 15) is 49.2 Å². The Labute approximate surface area is 866 Å². The Morgan fingerprint density at radius 2 is 0.678 bits per heavy atom. The van der Waals surface area contributed by atoms with Gasteiger partial charge in [0.1, 0.15) is 53.8 Å². The number of ether oxygens (including phenoxy) is 9. The van der Waals surface area contributed by atoms with Gasteiger partial charge in [-0.25, -0.2) is 56.8 Å². The van der Waals surface area contributed by atoms with E-state index in [0.717, 1.165) is 94.5 Å². The van der Waals surface area contributed by atoms with Crippen LogP contribution < -0.4 is 57.2 Å². The zero-order chi connectivity index (χ0) is 109. The lowest BCUT2D eigenvalue weighted by Gasteiger charge is -2.35. The molecule has 4 heterocycles. The van der Waals surface area contributed by atoms with Crippen molar-refractivity contribution in [1.82, 2.24) is 55.3 Å². The van der Waals surface area contributed by atoms with Crippen LogP contribution in [0, 0.1) is 45.3 Å². The summed E-state index contributed by atoms with van der Waals surface area (Å²) in [4.78, 5) is 105. The molecular weight excluding hydrogens is 1940 g/mol. The molecule has 4 aliphatic rings. The number of carbonyl (C=O) groups excluding carboxylic acids is 5. The van der Waals surface area contributed by atoms with E-state index >= 15 is 0 Å². The maximum Gasteiger partial charge on any atom is 0.411 e. The molecule has 0 aliphatic carbocycles. The third kappa shape index (κ3) is 37.7. The number of guanidine groups is 4. The van der Waals surface area contributed by atoms with Crippen LogP contribution in [0.4, 0.5) is 4.79 Å². The molecule has 9 rings (SSSR count). The maximum absolute atomic E-state index is 13.1. The summed E-state index contributed by atoms with van der Waals surface area (Å²) >= 11 is 0. The summed E-state index contributed by atoms with van der Waals surface area (Å²) in [5, 5.41) is 5.85. The second kappa shape index (κ2) is 56.5. The van der Waals surface area contributed by atoms with E-state index < -0.39 is 84.2 Å². The van der Waals surface area contributed by atoms with Gasteiger partial charge in [0.05, 0.1) is 105 Å². The normalized spacial score (nSPS) is 18.3. The summed E-state index contributed by atoms with van der Waals surface area (Å²) in [7, 11) is 8.32. The molecule has 5 aromatic carbocycles. The average Bonchev–Trinajstić information content (AvgIpc) is 0.774. The van der Waals surface area contributed by atoms with Gasteiger partial charge in [-0.15, -0.1) is 0 Å². The molecule has 0 saturated carbocycles. The van der Waals surface area contributed by atoms with Crippen molar-refractivity contribution in [1.29, 1.82) is 0 Å². The maximum atomic E-state index is 13.1. The number of sulfonamides is 3. The minimum atomic E-state index is -3.59. The van der Waals surface area contributed by atoms with Gasteiger partial charge in [-0.2, -0.15) is 12.9 Å². The SMILES string of the molecule is CN=C(N)NOC(C)C(C)(C)CC(C)COc1ccc2c(c1)CN(S(C)(=O)=O)C(C(=O)OC)C2.CN=C(NC)NOC(C)C(C)(C)CC(C)COc1ccc2c(c1)CN(C(=O)OCc1ccccc1)C(C(=O)OC)C2.CN=C(NC)NOC(C)C(C)(C)CC(C)COc1ccc2c(c1)CN(S(C)(=O)=O)C(C(=O)OC)C2.CN=C(NOC(C)C(C)(C)CC(C)COc1ccc2c(c1)CN(S(C)(=O)=O)C(C(=O)OC)C2)N(C)C. The summed E-state index contributed by atoms with van der Waals surface area (Å²) in [5.74, 6) is 3.52. The Morgan fingerprint density at radius 1 is 0.397 bits per heavy atom. The minimum absolute atomic E-state index is 0.0748. The number of methoxy groups -OCH3 is 4.